The summed E-state index contributed by atoms with van der Waals surface area (Å²) >= 11 is 0. The molecular formula is C41H53N3O10. The maximum atomic E-state index is 14.5. The Hall–Kier alpha value is -4.59. The normalized spacial score (nSPS) is 25.5. The minimum atomic E-state index is -1.41. The third-order valence-electron chi connectivity index (χ3n) is 10.9. The number of aliphatic hydroxyl groups excluding tert-OH is 2. The molecule has 2 aliphatic heterocycles. The fraction of sp³-hybridized carbons (Fsp3) is 0.537. The highest BCUT2D eigenvalue weighted by Gasteiger charge is 2.65. The molecule has 0 radical (unpaired) electrons. The summed E-state index contributed by atoms with van der Waals surface area (Å²) in [4.78, 5) is 34.5. The largest absolute Gasteiger partial charge is 0.459 e. The van der Waals surface area contributed by atoms with Gasteiger partial charge in [-0.05, 0) is 93.3 Å². The Morgan fingerprint density at radius 1 is 1.04 bits per heavy atom. The number of aliphatic hydroxyl groups is 2. The van der Waals surface area contributed by atoms with Gasteiger partial charge in [-0.25, -0.2) is 4.79 Å². The second kappa shape index (κ2) is 17.7. The quantitative estimate of drug-likeness (QED) is 0.100. The average Bonchev–Trinajstić information content (AvgIpc) is 3.65. The molecule has 0 aromatic heterocycles. The Morgan fingerprint density at radius 2 is 1.80 bits per heavy atom. The monoisotopic (exact) mass is 747 g/mol. The minimum absolute atomic E-state index is 0.0278. The Labute approximate surface area is 316 Å². The van der Waals surface area contributed by atoms with Crippen molar-refractivity contribution in [2.45, 2.75) is 76.5 Å². The van der Waals surface area contributed by atoms with Crippen LogP contribution in [0, 0.1) is 17.8 Å². The van der Waals surface area contributed by atoms with Crippen molar-refractivity contribution in [2.75, 3.05) is 46.8 Å². The highest BCUT2D eigenvalue weighted by atomic mass is 16.7. The number of rotatable bonds is 17. The predicted molar refractivity (Wildman–Crippen MR) is 201 cm³/mol. The van der Waals surface area contributed by atoms with Crippen LogP contribution in [0.1, 0.15) is 80.6 Å². The summed E-state index contributed by atoms with van der Waals surface area (Å²) in [5, 5.41) is 27.0. The van der Waals surface area contributed by atoms with Crippen molar-refractivity contribution in [2.24, 2.45) is 22.9 Å². The van der Waals surface area contributed by atoms with Crippen molar-refractivity contribution in [3.63, 3.8) is 0 Å². The number of allylic oxidation sites excluding steroid dienone is 1. The van der Waals surface area contributed by atoms with Gasteiger partial charge >= 0.3 is 6.09 Å². The molecule has 1 fully saturated rings. The SMILES string of the molecule is C=CCO[C@@]12Oc3ccc(OC(=O)NCC)cc3[C@H]3[C@H](CCCCO)[C@@H](CCCCO)C=C(C(=NOCC)C[C@@H]1N(C)C(=O)c1ccc4c(c1)OCO4)[C@H]32. The molecule has 2 heterocycles. The number of unbranched alkanes of at least 4 members (excludes halogenated alkanes) is 2. The van der Waals surface area contributed by atoms with Gasteiger partial charge in [0.1, 0.15) is 24.1 Å². The van der Waals surface area contributed by atoms with Crippen LogP contribution in [0.2, 0.25) is 0 Å². The van der Waals surface area contributed by atoms with Crippen LogP contribution in [0.3, 0.4) is 0 Å². The van der Waals surface area contributed by atoms with E-state index in [1.54, 1.807) is 42.3 Å². The highest BCUT2D eigenvalue weighted by molar-refractivity contribution is 6.03. The maximum absolute atomic E-state index is 14.5. The Balaban J connectivity index is 1.55. The van der Waals surface area contributed by atoms with E-state index in [0.29, 0.717) is 60.3 Å². The molecule has 2 aliphatic carbocycles. The number of carbonyl (C=O) groups excluding carboxylic acids is 2. The lowest BCUT2D eigenvalue weighted by Gasteiger charge is -2.59. The summed E-state index contributed by atoms with van der Waals surface area (Å²) in [7, 11) is 1.75. The number of oxime groups is 1. The molecule has 2 aromatic carbocycles. The molecule has 0 unspecified atom stereocenters. The predicted octanol–water partition coefficient (Wildman–Crippen LogP) is 5.95. The zero-order valence-electron chi connectivity index (χ0n) is 31.5. The minimum Gasteiger partial charge on any atom is -0.459 e. The lowest BCUT2D eigenvalue weighted by atomic mass is 9.55. The number of likely N-dealkylation sites (N-methyl/N-ethyl adjacent to an activating group) is 1. The van der Waals surface area contributed by atoms with Gasteiger partial charge in [-0.2, -0.15) is 0 Å². The van der Waals surface area contributed by atoms with Gasteiger partial charge < -0.3 is 49.0 Å². The van der Waals surface area contributed by atoms with Gasteiger partial charge in [-0.3, -0.25) is 4.79 Å². The van der Waals surface area contributed by atoms with Crippen molar-refractivity contribution in [3.05, 3.63) is 71.8 Å². The molecule has 2 aromatic rings. The highest BCUT2D eigenvalue weighted by Crippen LogP contribution is 2.62. The molecule has 13 heteroatoms. The molecule has 2 amide bonds. The molecule has 1 saturated carbocycles. The van der Waals surface area contributed by atoms with Crippen LogP contribution in [0.5, 0.6) is 23.0 Å². The first-order valence-corrected chi connectivity index (χ1v) is 19.1. The molecule has 0 spiro atoms. The number of carbonyl (C=O) groups is 2. The third kappa shape index (κ3) is 7.80. The lowest BCUT2D eigenvalue weighted by Crippen LogP contribution is -2.69. The molecule has 292 valence electrons. The van der Waals surface area contributed by atoms with E-state index >= 15 is 0 Å². The van der Waals surface area contributed by atoms with Crippen molar-refractivity contribution in [1.82, 2.24) is 10.2 Å². The van der Waals surface area contributed by atoms with Crippen molar-refractivity contribution < 1.29 is 48.3 Å². The van der Waals surface area contributed by atoms with E-state index in [4.69, 9.17) is 33.7 Å². The summed E-state index contributed by atoms with van der Waals surface area (Å²) in [5.41, 5.74) is 2.89. The van der Waals surface area contributed by atoms with Crippen LogP contribution in [-0.2, 0) is 9.57 Å². The van der Waals surface area contributed by atoms with E-state index in [1.807, 2.05) is 26.0 Å². The lowest BCUT2D eigenvalue weighted by molar-refractivity contribution is -0.252. The number of ether oxygens (including phenoxy) is 5. The van der Waals surface area contributed by atoms with E-state index in [2.05, 4.69) is 18.0 Å². The van der Waals surface area contributed by atoms with Crippen molar-refractivity contribution in [3.8, 4) is 23.0 Å². The number of amides is 2. The second-order valence-corrected chi connectivity index (χ2v) is 14.1. The molecule has 6 atom stereocenters. The Bertz CT molecular complexity index is 1730. The van der Waals surface area contributed by atoms with Crippen LogP contribution in [0.25, 0.3) is 0 Å². The van der Waals surface area contributed by atoms with Gasteiger partial charge in [0.05, 0.1) is 18.2 Å². The van der Waals surface area contributed by atoms with Crippen LogP contribution in [0.15, 0.2) is 65.9 Å². The van der Waals surface area contributed by atoms with Gasteiger partial charge in [-0.1, -0.05) is 30.1 Å². The average molecular weight is 748 g/mol. The van der Waals surface area contributed by atoms with Crippen LogP contribution < -0.4 is 24.3 Å². The first kappa shape index (κ1) is 39.1. The zero-order valence-corrected chi connectivity index (χ0v) is 31.5. The standard InChI is InChI=1S/C41H53N3O10/c1-5-20-51-41-36(44(4)39(47)27-14-16-34-35(22-27)50-25-49-34)24-32(43-52-7-3)30-21-26(12-8-10-18-45)29(13-9-11-19-46)37(38(30)41)31-23-28(15-17-33(31)54-41)53-40(48)42-6-2/h5,14-17,21-23,26,29,36-38,45-46H,1,6-13,18-20,24-25H2,2-4H3,(H,42,48)/t26-,29+,36-,37+,38+,41+/m0/s1. The molecule has 4 aliphatic rings. The number of fused-ring (bicyclic) bond motifs is 3. The Kier molecular flexibility index (Phi) is 12.8. The first-order valence-electron chi connectivity index (χ1n) is 19.1. The second-order valence-electron chi connectivity index (χ2n) is 14.1. The van der Waals surface area contributed by atoms with E-state index in [0.717, 1.165) is 36.8 Å². The smallest absolute Gasteiger partial charge is 0.412 e. The van der Waals surface area contributed by atoms with Gasteiger partial charge in [-0.15, -0.1) is 6.58 Å². The fourth-order valence-electron chi connectivity index (χ4n) is 8.60. The molecular weight excluding hydrogens is 694 g/mol. The fourth-order valence-corrected chi connectivity index (χ4v) is 8.60. The van der Waals surface area contributed by atoms with Crippen LogP contribution in [0.4, 0.5) is 4.79 Å². The number of hydrogen-bond donors (Lipinski definition) is 3. The van der Waals surface area contributed by atoms with Crippen molar-refractivity contribution >= 4 is 17.7 Å². The van der Waals surface area contributed by atoms with Gasteiger partial charge in [0.15, 0.2) is 11.5 Å². The zero-order chi connectivity index (χ0) is 38.2. The number of benzene rings is 2. The summed E-state index contributed by atoms with van der Waals surface area (Å²) in [6, 6.07) is 9.84. The maximum Gasteiger partial charge on any atom is 0.412 e. The van der Waals surface area contributed by atoms with E-state index in [1.165, 1.54) is 0 Å². The van der Waals surface area contributed by atoms with Gasteiger partial charge in [0, 0.05) is 50.3 Å². The topological polar surface area (TPSA) is 158 Å². The summed E-state index contributed by atoms with van der Waals surface area (Å²) < 4.78 is 30.9. The summed E-state index contributed by atoms with van der Waals surface area (Å²) in [6.07, 6.45) is 8.17. The molecule has 0 bridgehead atoms. The van der Waals surface area contributed by atoms with Crippen molar-refractivity contribution in [1.29, 1.82) is 0 Å². The third-order valence-corrected chi connectivity index (χ3v) is 10.9. The van der Waals surface area contributed by atoms with Crippen LogP contribution in [-0.4, -0.2) is 91.5 Å². The van der Waals surface area contributed by atoms with E-state index in [9.17, 15) is 19.8 Å². The van der Waals surface area contributed by atoms with Gasteiger partial charge in [0.25, 0.3) is 5.91 Å². The van der Waals surface area contributed by atoms with E-state index in [-0.39, 0.29) is 56.7 Å². The molecule has 0 saturated heterocycles. The molecule has 13 nitrogen and oxygen atoms in total. The number of nitrogens with zero attached hydrogens (tertiary/aromatic N) is 2. The Morgan fingerprint density at radius 3 is 2.54 bits per heavy atom. The van der Waals surface area contributed by atoms with E-state index < -0.39 is 23.8 Å². The molecule has 3 N–H and O–H groups in total. The number of nitrogens with one attached hydrogen (secondary N) is 1. The molecule has 6 rings (SSSR count). The summed E-state index contributed by atoms with van der Waals surface area (Å²) in [5.74, 6) is -0.306. The van der Waals surface area contributed by atoms with Gasteiger partial charge in [0.2, 0.25) is 12.6 Å². The first-order chi connectivity index (χ1) is 26.3. The van der Waals surface area contributed by atoms with Crippen LogP contribution >= 0.6 is 0 Å². The molecule has 54 heavy (non-hydrogen) atoms. The number of hydrogen-bond acceptors (Lipinski definition) is 11. The summed E-state index contributed by atoms with van der Waals surface area (Å²) in [6.45, 7) is 8.83.